The van der Waals surface area contributed by atoms with E-state index in [1.807, 2.05) is 0 Å². The van der Waals surface area contributed by atoms with Crippen LogP contribution in [-0.2, 0) is 23.9 Å². The maximum Gasteiger partial charge on any atom is 0.418 e. The van der Waals surface area contributed by atoms with Crippen LogP contribution in [0.3, 0.4) is 0 Å². The predicted molar refractivity (Wildman–Crippen MR) is 89.2 cm³/mol. The zero-order valence-electron chi connectivity index (χ0n) is 15.8. The molecule has 1 heterocycles. The minimum absolute atomic E-state index is 0.0561. The minimum Gasteiger partial charge on any atom is -0.458 e. The second kappa shape index (κ2) is 7.25. The minimum atomic E-state index is -1.21. The Bertz CT molecular complexity index is 610. The van der Waals surface area contributed by atoms with E-state index in [2.05, 4.69) is 5.32 Å². The van der Waals surface area contributed by atoms with E-state index in [9.17, 15) is 19.2 Å². The Morgan fingerprint density at radius 2 is 1.60 bits per heavy atom. The number of imide groups is 1. The highest BCUT2D eigenvalue weighted by Gasteiger charge is 2.42. The number of nitrogens with zero attached hydrogens (tertiary/aromatic N) is 1. The molecule has 0 aromatic carbocycles. The molecule has 8 nitrogen and oxygen atoms in total. The highest BCUT2D eigenvalue weighted by molar-refractivity contribution is 6.04. The molecule has 0 fully saturated rings. The molecule has 1 N–H and O–H groups in total. The smallest absolute Gasteiger partial charge is 0.418 e. The number of nitrogens with one attached hydrogen (secondary N) is 1. The first kappa shape index (κ1) is 20.7. The van der Waals surface area contributed by atoms with Gasteiger partial charge >= 0.3 is 12.1 Å². The number of hydrogen-bond donors (Lipinski definition) is 1. The van der Waals surface area contributed by atoms with Crippen molar-refractivity contribution in [2.45, 2.75) is 72.1 Å². The molecule has 1 aliphatic heterocycles. The summed E-state index contributed by atoms with van der Waals surface area (Å²) in [6.45, 7) is 11.3. The van der Waals surface area contributed by atoms with Gasteiger partial charge in [-0.25, -0.2) is 14.5 Å². The van der Waals surface area contributed by atoms with E-state index in [-0.39, 0.29) is 18.0 Å². The van der Waals surface area contributed by atoms with Gasteiger partial charge in [0.25, 0.3) is 5.91 Å². The molecule has 0 bridgehead atoms. The average molecular weight is 354 g/mol. The van der Waals surface area contributed by atoms with Gasteiger partial charge in [-0.3, -0.25) is 9.59 Å². The van der Waals surface area contributed by atoms with Gasteiger partial charge in [0, 0.05) is 25.1 Å². The molecule has 1 rings (SSSR count). The van der Waals surface area contributed by atoms with Gasteiger partial charge in [-0.15, -0.1) is 0 Å². The Morgan fingerprint density at radius 1 is 1.08 bits per heavy atom. The van der Waals surface area contributed by atoms with Crippen LogP contribution >= 0.6 is 0 Å². The van der Waals surface area contributed by atoms with Gasteiger partial charge in [0.15, 0.2) is 0 Å². The lowest BCUT2D eigenvalue weighted by Gasteiger charge is -2.34. The molecule has 1 aliphatic rings. The lowest BCUT2D eigenvalue weighted by atomic mass is 10.0. The summed E-state index contributed by atoms with van der Waals surface area (Å²) in [5, 5.41) is 2.48. The number of hydrogen-bond acceptors (Lipinski definition) is 6. The van der Waals surface area contributed by atoms with Crippen molar-refractivity contribution in [3.63, 3.8) is 0 Å². The van der Waals surface area contributed by atoms with E-state index in [0.717, 1.165) is 11.0 Å². The Labute approximate surface area is 147 Å². The maximum atomic E-state index is 12.5. The summed E-state index contributed by atoms with van der Waals surface area (Å²) in [5.74, 6) is -1.88. The largest absolute Gasteiger partial charge is 0.458 e. The fourth-order valence-corrected chi connectivity index (χ4v) is 2.13. The van der Waals surface area contributed by atoms with Crippen LogP contribution in [0.15, 0.2) is 11.8 Å². The maximum absolute atomic E-state index is 12.5. The molecule has 0 saturated heterocycles. The van der Waals surface area contributed by atoms with Crippen LogP contribution in [0.25, 0.3) is 0 Å². The highest BCUT2D eigenvalue weighted by Crippen LogP contribution is 2.23. The van der Waals surface area contributed by atoms with Crippen LogP contribution in [0.4, 0.5) is 4.79 Å². The van der Waals surface area contributed by atoms with Gasteiger partial charge in [0.05, 0.1) is 0 Å². The van der Waals surface area contributed by atoms with Crippen LogP contribution in [0.1, 0.15) is 54.9 Å². The lowest BCUT2D eigenvalue weighted by molar-refractivity contribution is -0.164. The number of esters is 1. The third-order valence-corrected chi connectivity index (χ3v) is 2.87. The zero-order valence-corrected chi connectivity index (χ0v) is 15.8. The fraction of sp³-hybridized carbons (Fsp3) is 0.647. The number of carbonyl (C=O) groups excluding carboxylic acids is 4. The molecule has 1 atom stereocenters. The molecule has 0 aliphatic carbocycles. The quantitative estimate of drug-likeness (QED) is 0.760. The zero-order chi connectivity index (χ0) is 19.6. The van der Waals surface area contributed by atoms with Crippen LogP contribution in [0, 0.1) is 0 Å². The van der Waals surface area contributed by atoms with Crippen LogP contribution in [0.5, 0.6) is 0 Å². The second-order valence-corrected chi connectivity index (χ2v) is 7.79. The van der Waals surface area contributed by atoms with Crippen molar-refractivity contribution < 1.29 is 28.7 Å². The van der Waals surface area contributed by atoms with Crippen molar-refractivity contribution in [1.82, 2.24) is 10.2 Å². The molecule has 140 valence electrons. The van der Waals surface area contributed by atoms with E-state index in [1.54, 1.807) is 41.5 Å². The summed E-state index contributed by atoms with van der Waals surface area (Å²) >= 11 is 0. The van der Waals surface area contributed by atoms with Crippen molar-refractivity contribution in [3.8, 4) is 0 Å². The molecule has 0 aromatic heterocycles. The van der Waals surface area contributed by atoms with Gasteiger partial charge in [-0.05, 0) is 41.5 Å². The first-order valence-electron chi connectivity index (χ1n) is 7.97. The van der Waals surface area contributed by atoms with Gasteiger partial charge in [0.1, 0.15) is 17.2 Å². The van der Waals surface area contributed by atoms with E-state index >= 15 is 0 Å². The van der Waals surface area contributed by atoms with Crippen molar-refractivity contribution in [3.05, 3.63) is 11.8 Å². The Hall–Kier alpha value is -2.38. The van der Waals surface area contributed by atoms with E-state index in [0.29, 0.717) is 0 Å². The third-order valence-electron chi connectivity index (χ3n) is 2.87. The molecular weight excluding hydrogens is 328 g/mol. The molecule has 0 radical (unpaired) electrons. The second-order valence-electron chi connectivity index (χ2n) is 7.79. The van der Waals surface area contributed by atoms with Gasteiger partial charge < -0.3 is 14.8 Å². The fourth-order valence-electron chi connectivity index (χ4n) is 2.13. The van der Waals surface area contributed by atoms with Crippen molar-refractivity contribution in [2.75, 3.05) is 0 Å². The monoisotopic (exact) mass is 354 g/mol. The van der Waals surface area contributed by atoms with E-state index in [1.165, 1.54) is 6.92 Å². The van der Waals surface area contributed by atoms with Gasteiger partial charge in [0.2, 0.25) is 5.91 Å². The topological polar surface area (TPSA) is 102 Å². The van der Waals surface area contributed by atoms with Crippen LogP contribution in [-0.4, -0.2) is 46.0 Å². The van der Waals surface area contributed by atoms with Crippen molar-refractivity contribution in [2.24, 2.45) is 0 Å². The summed E-state index contributed by atoms with van der Waals surface area (Å²) in [6.07, 6.45) is 0.109. The summed E-state index contributed by atoms with van der Waals surface area (Å²) in [5.41, 5.74) is -1.39. The molecule has 25 heavy (non-hydrogen) atoms. The first-order valence-corrected chi connectivity index (χ1v) is 7.97. The third kappa shape index (κ3) is 6.56. The number of rotatable bonds is 2. The molecule has 0 saturated carbocycles. The van der Waals surface area contributed by atoms with Crippen LogP contribution in [0.2, 0.25) is 0 Å². The normalized spacial score (nSPS) is 18.4. The summed E-state index contributed by atoms with van der Waals surface area (Å²) in [7, 11) is 0. The Balaban J connectivity index is 3.17. The number of amides is 3. The summed E-state index contributed by atoms with van der Waals surface area (Å²) < 4.78 is 10.5. The predicted octanol–water partition coefficient (Wildman–Crippen LogP) is 1.88. The van der Waals surface area contributed by atoms with Crippen molar-refractivity contribution >= 4 is 23.9 Å². The van der Waals surface area contributed by atoms with Crippen molar-refractivity contribution in [1.29, 1.82) is 0 Å². The summed E-state index contributed by atoms with van der Waals surface area (Å²) in [4.78, 5) is 49.3. The molecule has 0 spiro atoms. The number of ether oxygens (including phenoxy) is 2. The Kier molecular flexibility index (Phi) is 5.99. The standard InChI is InChI=1S/C17H26N2O6/c1-10(20)18-11-8-12(14(22)24-16(2,3)4)19(13(21)9-11)15(23)25-17(5,6)7/h9,12H,8H2,1-7H3,(H,18,20)/t12-/m0/s1. The molecule has 3 amide bonds. The SMILES string of the molecule is CC(=O)NC1=CC(=O)N(C(=O)OC(C)(C)C)[C@H](C(=O)OC(C)(C)C)C1. The first-order chi connectivity index (χ1) is 11.2. The molecular formula is C17H26N2O6. The van der Waals surface area contributed by atoms with E-state index in [4.69, 9.17) is 9.47 Å². The summed E-state index contributed by atoms with van der Waals surface area (Å²) in [6, 6.07) is -1.21. The Morgan fingerprint density at radius 3 is 2.04 bits per heavy atom. The van der Waals surface area contributed by atoms with E-state index < -0.39 is 35.2 Å². The average Bonchev–Trinajstić information content (AvgIpc) is 2.32. The highest BCUT2D eigenvalue weighted by atomic mass is 16.6. The van der Waals surface area contributed by atoms with Gasteiger partial charge in [-0.1, -0.05) is 0 Å². The van der Waals surface area contributed by atoms with Crippen LogP contribution < -0.4 is 5.32 Å². The number of carbonyl (C=O) groups is 4. The molecule has 0 aromatic rings. The lowest BCUT2D eigenvalue weighted by Crippen LogP contribution is -2.54. The molecule has 0 unspecified atom stereocenters. The molecule has 8 heteroatoms. The van der Waals surface area contributed by atoms with Gasteiger partial charge in [-0.2, -0.15) is 0 Å².